The van der Waals surface area contributed by atoms with Crippen molar-refractivity contribution in [1.82, 2.24) is 0 Å². The van der Waals surface area contributed by atoms with Gasteiger partial charge in [-0.2, -0.15) is 0 Å². The van der Waals surface area contributed by atoms with Crippen LogP contribution in [0.3, 0.4) is 0 Å². The van der Waals surface area contributed by atoms with Crippen LogP contribution in [-0.2, 0) is 9.53 Å². The van der Waals surface area contributed by atoms with Gasteiger partial charge in [0.15, 0.2) is 12.4 Å². The average Bonchev–Trinajstić information content (AvgIpc) is 2.34. The molecule has 0 unspecified atom stereocenters. The van der Waals surface area contributed by atoms with E-state index < -0.39 is 5.97 Å². The van der Waals surface area contributed by atoms with Crippen molar-refractivity contribution >= 4 is 40.8 Å². The summed E-state index contributed by atoms with van der Waals surface area (Å²) in [6.45, 7) is 2.15. The molecule has 0 atom stereocenters. The van der Waals surface area contributed by atoms with E-state index in [1.807, 2.05) is 6.92 Å². The first-order valence-corrected chi connectivity index (χ1v) is 6.61. The van der Waals surface area contributed by atoms with Crippen LogP contribution in [0.15, 0.2) is 12.1 Å². The highest BCUT2D eigenvalue weighted by atomic mass is 35.5. The molecule has 0 bridgehead atoms. The molecule has 1 rings (SSSR count). The molecule has 0 N–H and O–H groups in total. The van der Waals surface area contributed by atoms with Gasteiger partial charge in [0.2, 0.25) is 0 Å². The van der Waals surface area contributed by atoms with Gasteiger partial charge in [0.1, 0.15) is 5.02 Å². The molecule has 6 heteroatoms. The number of esters is 1. The third-order valence-corrected chi connectivity index (χ3v) is 3.18. The first-order chi connectivity index (χ1) is 8.56. The van der Waals surface area contributed by atoms with E-state index in [0.29, 0.717) is 16.7 Å². The van der Waals surface area contributed by atoms with E-state index in [0.717, 1.165) is 12.8 Å². The van der Waals surface area contributed by atoms with Gasteiger partial charge < -0.3 is 9.47 Å². The molecular weight excluding hydrogens is 298 g/mol. The van der Waals surface area contributed by atoms with Gasteiger partial charge >= 0.3 is 5.97 Å². The van der Waals surface area contributed by atoms with Gasteiger partial charge in [-0.25, -0.2) is 4.79 Å². The van der Waals surface area contributed by atoms with Crippen LogP contribution >= 0.6 is 34.8 Å². The second kappa shape index (κ2) is 7.72. The highest BCUT2D eigenvalue weighted by Crippen LogP contribution is 2.37. The molecule has 3 nitrogen and oxygen atoms in total. The van der Waals surface area contributed by atoms with Gasteiger partial charge in [-0.05, 0) is 18.6 Å². The number of carbonyl (C=O) groups is 1. The fourth-order valence-corrected chi connectivity index (χ4v) is 1.77. The third-order valence-electron chi connectivity index (χ3n) is 2.10. The maximum Gasteiger partial charge on any atom is 0.344 e. The number of benzene rings is 1. The average molecular weight is 312 g/mol. The van der Waals surface area contributed by atoms with E-state index in [9.17, 15) is 4.79 Å². The summed E-state index contributed by atoms with van der Waals surface area (Å²) in [5, 5.41) is 0.798. The Balaban J connectivity index is 2.53. The van der Waals surface area contributed by atoms with Crippen molar-refractivity contribution in [3.8, 4) is 5.75 Å². The predicted molar refractivity (Wildman–Crippen MR) is 72.8 cm³/mol. The smallest absolute Gasteiger partial charge is 0.344 e. The molecule has 100 valence electrons. The number of hydrogen-bond donors (Lipinski definition) is 0. The molecule has 0 aliphatic rings. The SMILES string of the molecule is CCCCOC(=O)COc1c(Cl)ccc(Cl)c1Cl. The van der Waals surface area contributed by atoms with E-state index in [1.165, 1.54) is 0 Å². The van der Waals surface area contributed by atoms with Gasteiger partial charge in [0.05, 0.1) is 16.7 Å². The summed E-state index contributed by atoms with van der Waals surface area (Å²) in [5.41, 5.74) is 0. The second-order valence-corrected chi connectivity index (χ2v) is 4.73. The third kappa shape index (κ3) is 4.56. The molecule has 1 aromatic carbocycles. The molecule has 0 spiro atoms. The fourth-order valence-electron chi connectivity index (χ4n) is 1.14. The summed E-state index contributed by atoms with van der Waals surface area (Å²) in [6.07, 6.45) is 1.78. The van der Waals surface area contributed by atoms with E-state index in [4.69, 9.17) is 44.3 Å². The molecule has 0 amide bonds. The van der Waals surface area contributed by atoms with Gasteiger partial charge in [0.25, 0.3) is 0 Å². The molecule has 0 fully saturated rings. The maximum absolute atomic E-state index is 11.3. The summed E-state index contributed by atoms with van der Waals surface area (Å²) in [6, 6.07) is 3.10. The summed E-state index contributed by atoms with van der Waals surface area (Å²) in [5.74, 6) is -0.270. The quantitative estimate of drug-likeness (QED) is 0.444. The van der Waals surface area contributed by atoms with Crippen LogP contribution in [0, 0.1) is 0 Å². The molecule has 0 aliphatic carbocycles. The predicted octanol–water partition coefficient (Wildman–Crippen LogP) is 4.37. The highest BCUT2D eigenvalue weighted by Gasteiger charge is 2.13. The minimum absolute atomic E-state index is 0.186. The molecule has 0 radical (unpaired) electrons. The lowest BCUT2D eigenvalue weighted by molar-refractivity contribution is -0.146. The van der Waals surface area contributed by atoms with Crippen LogP contribution < -0.4 is 4.74 Å². The number of unbranched alkanes of at least 4 members (excludes halogenated alkanes) is 1. The van der Waals surface area contributed by atoms with Crippen molar-refractivity contribution in [2.45, 2.75) is 19.8 Å². The molecule has 0 aliphatic heterocycles. The largest absolute Gasteiger partial charge is 0.479 e. The second-order valence-electron chi connectivity index (χ2n) is 3.54. The summed E-state index contributed by atoms with van der Waals surface area (Å²) >= 11 is 17.6. The van der Waals surface area contributed by atoms with E-state index in [2.05, 4.69) is 0 Å². The van der Waals surface area contributed by atoms with Crippen molar-refractivity contribution in [2.24, 2.45) is 0 Å². The monoisotopic (exact) mass is 310 g/mol. The maximum atomic E-state index is 11.3. The Kier molecular flexibility index (Phi) is 6.61. The molecule has 0 saturated heterocycles. The first-order valence-electron chi connectivity index (χ1n) is 5.48. The summed E-state index contributed by atoms with van der Waals surface area (Å²) < 4.78 is 10.1. The Hall–Kier alpha value is -0.640. The van der Waals surface area contributed by atoms with Crippen molar-refractivity contribution in [2.75, 3.05) is 13.2 Å². The first kappa shape index (κ1) is 15.4. The Labute approximate surface area is 121 Å². The van der Waals surface area contributed by atoms with Crippen molar-refractivity contribution in [3.63, 3.8) is 0 Å². The van der Waals surface area contributed by atoms with E-state index in [-0.39, 0.29) is 17.4 Å². The Morgan fingerprint density at radius 3 is 2.56 bits per heavy atom. The molecule has 0 heterocycles. The molecule has 1 aromatic rings. The number of ether oxygens (including phenoxy) is 2. The minimum Gasteiger partial charge on any atom is -0.479 e. The highest BCUT2D eigenvalue weighted by molar-refractivity contribution is 6.44. The number of rotatable bonds is 6. The number of hydrogen-bond acceptors (Lipinski definition) is 3. The lowest BCUT2D eigenvalue weighted by Crippen LogP contribution is -2.15. The van der Waals surface area contributed by atoms with Gasteiger partial charge in [-0.3, -0.25) is 0 Å². The van der Waals surface area contributed by atoms with Crippen LogP contribution in [-0.4, -0.2) is 19.2 Å². The van der Waals surface area contributed by atoms with Crippen LogP contribution in [0.25, 0.3) is 0 Å². The molecule has 18 heavy (non-hydrogen) atoms. The Morgan fingerprint density at radius 1 is 1.22 bits per heavy atom. The van der Waals surface area contributed by atoms with Crippen LogP contribution in [0.2, 0.25) is 15.1 Å². The van der Waals surface area contributed by atoms with Gasteiger partial charge in [-0.15, -0.1) is 0 Å². The standard InChI is InChI=1S/C12H13Cl3O3/c1-2-3-6-17-10(16)7-18-12-9(14)5-4-8(13)11(12)15/h4-5H,2-3,6-7H2,1H3. The lowest BCUT2D eigenvalue weighted by Gasteiger charge is -2.10. The zero-order valence-electron chi connectivity index (χ0n) is 9.84. The van der Waals surface area contributed by atoms with Gasteiger partial charge in [0, 0.05) is 0 Å². The molecule has 0 saturated carbocycles. The van der Waals surface area contributed by atoms with Crippen LogP contribution in [0.1, 0.15) is 19.8 Å². The van der Waals surface area contributed by atoms with Crippen molar-refractivity contribution in [1.29, 1.82) is 0 Å². The zero-order valence-corrected chi connectivity index (χ0v) is 12.1. The summed E-state index contributed by atoms with van der Waals surface area (Å²) in [4.78, 5) is 11.3. The zero-order chi connectivity index (χ0) is 13.5. The topological polar surface area (TPSA) is 35.5 Å². The van der Waals surface area contributed by atoms with Crippen LogP contribution in [0.5, 0.6) is 5.75 Å². The Morgan fingerprint density at radius 2 is 1.89 bits per heavy atom. The molecule has 0 aromatic heterocycles. The summed E-state index contributed by atoms with van der Waals surface area (Å²) in [7, 11) is 0. The normalized spacial score (nSPS) is 10.2. The van der Waals surface area contributed by atoms with Crippen molar-refractivity contribution in [3.05, 3.63) is 27.2 Å². The van der Waals surface area contributed by atoms with Crippen LogP contribution in [0.4, 0.5) is 0 Å². The van der Waals surface area contributed by atoms with Crippen molar-refractivity contribution < 1.29 is 14.3 Å². The number of halogens is 3. The number of carbonyl (C=O) groups excluding carboxylic acids is 1. The fraction of sp³-hybridized carbons (Fsp3) is 0.417. The minimum atomic E-state index is -0.462. The molecular formula is C12H13Cl3O3. The van der Waals surface area contributed by atoms with E-state index in [1.54, 1.807) is 12.1 Å². The van der Waals surface area contributed by atoms with Gasteiger partial charge in [-0.1, -0.05) is 48.1 Å². The van der Waals surface area contributed by atoms with E-state index >= 15 is 0 Å². The lowest BCUT2D eigenvalue weighted by atomic mass is 10.3. The Bertz CT molecular complexity index is 421.